The molecule has 0 bridgehead atoms. The van der Waals surface area contributed by atoms with Crippen LogP contribution < -0.4 is 14.9 Å². The highest BCUT2D eigenvalue weighted by atomic mass is 16.5. The Balaban J connectivity index is 1.58. The number of amides is 1. The maximum absolute atomic E-state index is 12.9. The smallest absolute Gasteiger partial charge is 0.271 e. The summed E-state index contributed by atoms with van der Waals surface area (Å²) in [5.41, 5.74) is 9.00. The zero-order chi connectivity index (χ0) is 26.3. The number of benzene rings is 4. The maximum Gasteiger partial charge on any atom is 0.271 e. The Morgan fingerprint density at radius 1 is 0.737 bits per heavy atom. The van der Waals surface area contributed by atoms with E-state index in [-0.39, 0.29) is 5.91 Å². The zero-order valence-corrected chi connectivity index (χ0v) is 21.2. The van der Waals surface area contributed by atoms with Crippen molar-refractivity contribution in [3.63, 3.8) is 0 Å². The number of hydrogen-bond acceptors (Lipinski definition) is 4. The van der Waals surface area contributed by atoms with Crippen LogP contribution in [0.5, 0.6) is 11.5 Å². The van der Waals surface area contributed by atoms with E-state index in [4.69, 9.17) is 9.47 Å². The van der Waals surface area contributed by atoms with Gasteiger partial charge in [-0.15, -0.1) is 0 Å². The van der Waals surface area contributed by atoms with Gasteiger partial charge in [-0.1, -0.05) is 78.9 Å². The fraction of sp³-hybridized carbons (Fsp3) is 0.0625. The number of ether oxygens (including phenoxy) is 2. The highest BCUT2D eigenvalue weighted by molar-refractivity contribution is 5.97. The molecule has 1 aromatic heterocycles. The topological polar surface area (TPSA) is 64.8 Å². The molecule has 1 heterocycles. The van der Waals surface area contributed by atoms with Crippen LogP contribution in [0.1, 0.15) is 15.9 Å². The zero-order valence-electron chi connectivity index (χ0n) is 21.2. The third kappa shape index (κ3) is 5.20. The van der Waals surface area contributed by atoms with E-state index in [0.717, 1.165) is 33.8 Å². The third-order valence-electron chi connectivity index (χ3n) is 6.14. The summed E-state index contributed by atoms with van der Waals surface area (Å²) in [5, 5.41) is 4.34. The standard InChI is InChI=1S/C32H27N3O3/c1-37-28-18-25(19-29(21-28)38-2)32(36)34-33-22-26-20-30(23-12-6-3-7-13-23)35(27-16-10-5-11-17-27)31(26)24-14-8-4-9-15-24/h3-22H,1-2H3,(H,34,36)/b33-22-. The molecule has 5 aromatic rings. The van der Waals surface area contributed by atoms with E-state index < -0.39 is 0 Å². The van der Waals surface area contributed by atoms with Crippen LogP contribution in [0.2, 0.25) is 0 Å². The van der Waals surface area contributed by atoms with Crippen LogP contribution in [0.15, 0.2) is 120 Å². The molecule has 0 aliphatic heterocycles. The van der Waals surface area contributed by atoms with Crippen molar-refractivity contribution >= 4 is 12.1 Å². The molecule has 6 heteroatoms. The molecule has 4 aromatic carbocycles. The molecular weight excluding hydrogens is 474 g/mol. The fourth-order valence-electron chi connectivity index (χ4n) is 4.35. The van der Waals surface area contributed by atoms with Gasteiger partial charge in [0.2, 0.25) is 0 Å². The summed E-state index contributed by atoms with van der Waals surface area (Å²) in [6, 6.07) is 37.7. The van der Waals surface area contributed by atoms with Crippen LogP contribution in [0.3, 0.4) is 0 Å². The molecule has 0 aliphatic carbocycles. The third-order valence-corrected chi connectivity index (χ3v) is 6.14. The first kappa shape index (κ1) is 24.6. The van der Waals surface area contributed by atoms with E-state index in [2.05, 4.69) is 57.6 Å². The van der Waals surface area contributed by atoms with E-state index in [1.807, 2.05) is 54.6 Å². The summed E-state index contributed by atoms with van der Waals surface area (Å²) in [4.78, 5) is 12.9. The molecule has 1 N–H and O–H groups in total. The summed E-state index contributed by atoms with van der Waals surface area (Å²) in [6.45, 7) is 0. The number of carbonyl (C=O) groups is 1. The van der Waals surface area contributed by atoms with Gasteiger partial charge in [0, 0.05) is 22.9 Å². The van der Waals surface area contributed by atoms with Crippen LogP contribution >= 0.6 is 0 Å². The fourth-order valence-corrected chi connectivity index (χ4v) is 4.35. The number of carbonyl (C=O) groups excluding carboxylic acids is 1. The molecule has 5 rings (SSSR count). The van der Waals surface area contributed by atoms with Crippen molar-refractivity contribution in [1.29, 1.82) is 0 Å². The molecule has 0 spiro atoms. The van der Waals surface area contributed by atoms with E-state index in [9.17, 15) is 4.79 Å². The molecule has 1 amide bonds. The average Bonchev–Trinajstić information content (AvgIpc) is 3.37. The Hall–Kier alpha value is -5.10. The second kappa shape index (κ2) is 11.3. The number of hydrogen-bond donors (Lipinski definition) is 1. The lowest BCUT2D eigenvalue weighted by Crippen LogP contribution is -2.17. The van der Waals surface area contributed by atoms with Gasteiger partial charge in [-0.25, -0.2) is 5.43 Å². The summed E-state index contributed by atoms with van der Waals surface area (Å²) in [6.07, 6.45) is 1.68. The molecule has 188 valence electrons. The normalized spacial score (nSPS) is 10.9. The van der Waals surface area contributed by atoms with Crippen molar-refractivity contribution in [1.82, 2.24) is 9.99 Å². The summed E-state index contributed by atoms with van der Waals surface area (Å²) < 4.78 is 12.8. The number of methoxy groups -OCH3 is 2. The van der Waals surface area contributed by atoms with Gasteiger partial charge in [-0.05, 0) is 41.5 Å². The SMILES string of the molecule is COc1cc(OC)cc(C(=O)N/N=C\c2cc(-c3ccccc3)n(-c3ccccc3)c2-c2ccccc2)c1. The Bertz CT molecular complexity index is 1540. The van der Waals surface area contributed by atoms with Gasteiger partial charge in [0.1, 0.15) is 11.5 Å². The molecule has 0 radical (unpaired) electrons. The second-order valence-electron chi connectivity index (χ2n) is 8.54. The van der Waals surface area contributed by atoms with Gasteiger partial charge in [0.05, 0.1) is 31.8 Å². The van der Waals surface area contributed by atoms with Crippen LogP contribution in [0.4, 0.5) is 0 Å². The molecule has 0 aliphatic rings. The lowest BCUT2D eigenvalue weighted by molar-refractivity contribution is 0.0954. The van der Waals surface area contributed by atoms with E-state index in [1.54, 1.807) is 38.6 Å². The lowest BCUT2D eigenvalue weighted by Gasteiger charge is -2.15. The molecule has 0 saturated carbocycles. The van der Waals surface area contributed by atoms with Crippen LogP contribution in [-0.4, -0.2) is 30.9 Å². The van der Waals surface area contributed by atoms with Gasteiger partial charge in [-0.2, -0.15) is 5.10 Å². The van der Waals surface area contributed by atoms with E-state index in [1.165, 1.54) is 0 Å². The van der Waals surface area contributed by atoms with Crippen molar-refractivity contribution < 1.29 is 14.3 Å². The molecule has 0 unspecified atom stereocenters. The highest BCUT2D eigenvalue weighted by Gasteiger charge is 2.18. The average molecular weight is 502 g/mol. The van der Waals surface area contributed by atoms with Crippen LogP contribution in [0, 0.1) is 0 Å². The molecule has 0 fully saturated rings. The maximum atomic E-state index is 12.9. The van der Waals surface area contributed by atoms with Gasteiger partial charge >= 0.3 is 0 Å². The van der Waals surface area contributed by atoms with Crippen molar-refractivity contribution in [2.45, 2.75) is 0 Å². The predicted octanol–water partition coefficient (Wildman–Crippen LogP) is 6.59. The summed E-state index contributed by atoms with van der Waals surface area (Å²) in [5.74, 6) is 0.681. The number of hydrazone groups is 1. The minimum absolute atomic E-state index is 0.370. The number of nitrogens with one attached hydrogen (secondary N) is 1. The van der Waals surface area contributed by atoms with Crippen molar-refractivity contribution in [3.8, 4) is 39.7 Å². The largest absolute Gasteiger partial charge is 0.497 e. The number of aromatic nitrogens is 1. The van der Waals surface area contributed by atoms with Crippen molar-refractivity contribution in [2.24, 2.45) is 5.10 Å². The van der Waals surface area contributed by atoms with Gasteiger partial charge in [-0.3, -0.25) is 4.79 Å². The van der Waals surface area contributed by atoms with Gasteiger partial charge < -0.3 is 14.0 Å². The van der Waals surface area contributed by atoms with Gasteiger partial charge in [0.15, 0.2) is 0 Å². The summed E-state index contributed by atoms with van der Waals surface area (Å²) >= 11 is 0. The van der Waals surface area contributed by atoms with E-state index >= 15 is 0 Å². The first-order valence-electron chi connectivity index (χ1n) is 12.2. The number of rotatable bonds is 8. The first-order chi connectivity index (χ1) is 18.7. The number of nitrogens with zero attached hydrogens (tertiary/aromatic N) is 2. The van der Waals surface area contributed by atoms with Crippen molar-refractivity contribution in [2.75, 3.05) is 14.2 Å². The quantitative estimate of drug-likeness (QED) is 0.193. The first-order valence-corrected chi connectivity index (χ1v) is 12.2. The van der Waals surface area contributed by atoms with Crippen molar-refractivity contribution in [3.05, 3.63) is 126 Å². The van der Waals surface area contributed by atoms with Crippen LogP contribution in [-0.2, 0) is 0 Å². The highest BCUT2D eigenvalue weighted by Crippen LogP contribution is 2.35. The Labute approximate surface area is 221 Å². The monoisotopic (exact) mass is 501 g/mol. The molecule has 0 saturated heterocycles. The molecule has 6 nitrogen and oxygen atoms in total. The molecule has 38 heavy (non-hydrogen) atoms. The Morgan fingerprint density at radius 2 is 1.29 bits per heavy atom. The predicted molar refractivity (Wildman–Crippen MR) is 151 cm³/mol. The molecular formula is C32H27N3O3. The second-order valence-corrected chi connectivity index (χ2v) is 8.54. The van der Waals surface area contributed by atoms with Crippen LogP contribution in [0.25, 0.3) is 28.2 Å². The molecule has 0 atom stereocenters. The minimum atomic E-state index is -0.370. The van der Waals surface area contributed by atoms with Gasteiger partial charge in [0.25, 0.3) is 5.91 Å². The summed E-state index contributed by atoms with van der Waals surface area (Å²) in [7, 11) is 3.09. The number of para-hydroxylation sites is 1. The Kier molecular flexibility index (Phi) is 7.32. The Morgan fingerprint density at radius 3 is 1.87 bits per heavy atom. The minimum Gasteiger partial charge on any atom is -0.497 e. The van der Waals surface area contributed by atoms with E-state index in [0.29, 0.717) is 17.1 Å². The lowest BCUT2D eigenvalue weighted by atomic mass is 10.1.